The van der Waals surface area contributed by atoms with Gasteiger partial charge in [-0.1, -0.05) is 0 Å². The van der Waals surface area contributed by atoms with Crippen LogP contribution < -0.4 is 19.9 Å². The van der Waals surface area contributed by atoms with Gasteiger partial charge < -0.3 is 9.47 Å². The van der Waals surface area contributed by atoms with Gasteiger partial charge in [0.05, 0.1) is 16.8 Å². The Morgan fingerprint density at radius 2 is 1.93 bits per heavy atom. The second-order valence-corrected chi connectivity index (χ2v) is 6.83. The topological polar surface area (TPSA) is 84.9 Å². The minimum Gasteiger partial charge on any atom is -0.490 e. The predicted molar refractivity (Wildman–Crippen MR) is 107 cm³/mol. The van der Waals surface area contributed by atoms with Crippen LogP contribution in [-0.4, -0.2) is 24.4 Å². The third-order valence-corrected chi connectivity index (χ3v) is 4.45. The number of hydrogen-bond acceptors (Lipinski definition) is 5. The maximum absolute atomic E-state index is 13.1. The number of carbonyl (C=O) groups excluding carboxylic acids is 3. The first-order chi connectivity index (χ1) is 13.8. The molecule has 29 heavy (non-hydrogen) atoms. The van der Waals surface area contributed by atoms with E-state index in [1.165, 1.54) is 37.3 Å². The maximum atomic E-state index is 13.1. The van der Waals surface area contributed by atoms with E-state index in [4.69, 9.17) is 9.47 Å². The van der Waals surface area contributed by atoms with Crippen LogP contribution in [0.5, 0.6) is 11.5 Å². The van der Waals surface area contributed by atoms with Crippen molar-refractivity contribution in [2.24, 2.45) is 0 Å². The van der Waals surface area contributed by atoms with Gasteiger partial charge in [-0.25, -0.2) is 9.40 Å². The summed E-state index contributed by atoms with van der Waals surface area (Å²) in [6.45, 7) is 3.35. The number of hydrazine groups is 1. The quantitative estimate of drug-likeness (QED) is 0.318. The van der Waals surface area contributed by atoms with Gasteiger partial charge in [-0.3, -0.25) is 19.8 Å². The molecular formula is C20H16BrFN2O5. The third kappa shape index (κ3) is 4.45. The van der Waals surface area contributed by atoms with Crippen LogP contribution in [0.3, 0.4) is 0 Å². The van der Waals surface area contributed by atoms with Crippen molar-refractivity contribution in [3.8, 4) is 11.5 Å². The summed E-state index contributed by atoms with van der Waals surface area (Å²) in [6, 6.07) is 8.29. The van der Waals surface area contributed by atoms with Gasteiger partial charge >= 0.3 is 5.97 Å². The van der Waals surface area contributed by atoms with E-state index in [-0.39, 0.29) is 17.1 Å². The number of amides is 2. The van der Waals surface area contributed by atoms with Crippen LogP contribution in [-0.2, 0) is 14.4 Å². The van der Waals surface area contributed by atoms with Gasteiger partial charge in [0, 0.05) is 6.92 Å². The number of hydrogen-bond donors (Lipinski definition) is 1. The predicted octanol–water partition coefficient (Wildman–Crippen LogP) is 3.37. The van der Waals surface area contributed by atoms with Crippen molar-refractivity contribution in [1.82, 2.24) is 5.43 Å². The summed E-state index contributed by atoms with van der Waals surface area (Å²) in [4.78, 5) is 36.3. The van der Waals surface area contributed by atoms with E-state index in [0.717, 1.165) is 5.01 Å². The third-order valence-electron chi connectivity index (χ3n) is 3.86. The molecule has 0 aliphatic carbocycles. The van der Waals surface area contributed by atoms with Gasteiger partial charge in [0.2, 0.25) is 0 Å². The van der Waals surface area contributed by atoms with Crippen molar-refractivity contribution in [3.63, 3.8) is 0 Å². The molecule has 150 valence electrons. The first-order valence-corrected chi connectivity index (χ1v) is 9.37. The second kappa shape index (κ2) is 8.44. The highest BCUT2D eigenvalue weighted by Gasteiger charge is 2.34. The molecule has 0 aromatic heterocycles. The van der Waals surface area contributed by atoms with Gasteiger partial charge in [0.25, 0.3) is 11.8 Å². The molecule has 9 heteroatoms. The Morgan fingerprint density at radius 1 is 1.24 bits per heavy atom. The average molecular weight is 463 g/mol. The molecule has 2 aromatic carbocycles. The molecule has 1 N–H and O–H groups in total. The summed E-state index contributed by atoms with van der Waals surface area (Å²) in [6.07, 6.45) is 1.39. The number of nitrogens with zero attached hydrogens (tertiary/aromatic N) is 1. The van der Waals surface area contributed by atoms with E-state index in [2.05, 4.69) is 21.4 Å². The molecule has 1 heterocycles. The van der Waals surface area contributed by atoms with Crippen molar-refractivity contribution in [1.29, 1.82) is 0 Å². The monoisotopic (exact) mass is 462 g/mol. The lowest BCUT2D eigenvalue weighted by Crippen LogP contribution is -2.35. The first kappa shape index (κ1) is 20.5. The zero-order chi connectivity index (χ0) is 21.1. The molecule has 0 unspecified atom stereocenters. The Labute approximate surface area is 174 Å². The minimum absolute atomic E-state index is 0.107. The minimum atomic E-state index is -0.600. The maximum Gasteiger partial charge on any atom is 0.308 e. The molecule has 1 fully saturated rings. The van der Waals surface area contributed by atoms with Crippen LogP contribution in [0.4, 0.5) is 10.1 Å². The van der Waals surface area contributed by atoms with E-state index >= 15 is 0 Å². The lowest BCUT2D eigenvalue weighted by molar-refractivity contribution is -0.132. The molecule has 2 aromatic rings. The number of rotatable bonds is 5. The molecule has 0 atom stereocenters. The fraction of sp³-hybridized carbons (Fsp3) is 0.150. The summed E-state index contributed by atoms with van der Waals surface area (Å²) in [5.41, 5.74) is 3.15. The zero-order valence-corrected chi connectivity index (χ0v) is 17.1. The zero-order valence-electron chi connectivity index (χ0n) is 15.5. The normalized spacial score (nSPS) is 14.9. The second-order valence-electron chi connectivity index (χ2n) is 5.97. The SMILES string of the molecule is CCOc1cc(/C=C2/C(=O)NN(c3ccc(F)cc3)C2=O)cc(Br)c1OC(C)=O. The number of carbonyl (C=O) groups is 3. The first-order valence-electron chi connectivity index (χ1n) is 8.57. The molecule has 2 amide bonds. The fourth-order valence-electron chi connectivity index (χ4n) is 2.67. The highest BCUT2D eigenvalue weighted by molar-refractivity contribution is 9.10. The Hall–Kier alpha value is -3.20. The lowest BCUT2D eigenvalue weighted by Gasteiger charge is -2.14. The molecule has 0 spiro atoms. The number of esters is 1. The molecule has 7 nitrogen and oxygen atoms in total. The summed E-state index contributed by atoms with van der Waals surface area (Å²) in [5.74, 6) is -1.67. The average Bonchev–Trinajstić information content (AvgIpc) is 2.93. The Bertz CT molecular complexity index is 1020. The van der Waals surface area contributed by atoms with Crippen LogP contribution in [0.2, 0.25) is 0 Å². The summed E-state index contributed by atoms with van der Waals surface area (Å²) < 4.78 is 24.2. The van der Waals surface area contributed by atoms with E-state index in [1.54, 1.807) is 19.1 Å². The Balaban J connectivity index is 1.96. The molecular weight excluding hydrogens is 447 g/mol. The van der Waals surface area contributed by atoms with E-state index in [1.807, 2.05) is 0 Å². The van der Waals surface area contributed by atoms with Gasteiger partial charge in [0.15, 0.2) is 11.5 Å². The molecule has 3 rings (SSSR count). The Morgan fingerprint density at radius 3 is 2.55 bits per heavy atom. The van der Waals surface area contributed by atoms with Gasteiger partial charge in [-0.2, -0.15) is 0 Å². The van der Waals surface area contributed by atoms with Crippen molar-refractivity contribution in [2.45, 2.75) is 13.8 Å². The molecule has 1 aliphatic heterocycles. The number of halogens is 2. The highest BCUT2D eigenvalue weighted by atomic mass is 79.9. The molecule has 1 aliphatic rings. The van der Waals surface area contributed by atoms with Gasteiger partial charge in [0.1, 0.15) is 11.4 Å². The van der Waals surface area contributed by atoms with E-state index in [9.17, 15) is 18.8 Å². The van der Waals surface area contributed by atoms with Crippen LogP contribution in [0, 0.1) is 5.82 Å². The van der Waals surface area contributed by atoms with Crippen molar-refractivity contribution < 1.29 is 28.2 Å². The lowest BCUT2D eigenvalue weighted by atomic mass is 10.1. The number of benzene rings is 2. The van der Waals surface area contributed by atoms with E-state index in [0.29, 0.717) is 22.3 Å². The van der Waals surface area contributed by atoms with Gasteiger partial charge in [-0.05, 0) is 70.9 Å². The molecule has 0 bridgehead atoms. The van der Waals surface area contributed by atoms with Crippen molar-refractivity contribution in [2.75, 3.05) is 11.6 Å². The fourth-order valence-corrected chi connectivity index (χ4v) is 3.21. The van der Waals surface area contributed by atoms with Crippen molar-refractivity contribution in [3.05, 3.63) is 57.8 Å². The largest absolute Gasteiger partial charge is 0.490 e. The van der Waals surface area contributed by atoms with Crippen molar-refractivity contribution >= 4 is 45.5 Å². The summed E-state index contributed by atoms with van der Waals surface area (Å²) in [5, 5.41) is 1.04. The van der Waals surface area contributed by atoms with E-state index < -0.39 is 23.6 Å². The number of nitrogens with one attached hydrogen (secondary N) is 1. The molecule has 0 radical (unpaired) electrons. The summed E-state index contributed by atoms with van der Waals surface area (Å²) in [7, 11) is 0. The number of anilines is 1. The number of ether oxygens (including phenoxy) is 2. The summed E-state index contributed by atoms with van der Waals surface area (Å²) >= 11 is 3.31. The molecule has 1 saturated heterocycles. The molecule has 0 saturated carbocycles. The Kier molecular flexibility index (Phi) is 5.97. The van der Waals surface area contributed by atoms with Gasteiger partial charge in [-0.15, -0.1) is 0 Å². The van der Waals surface area contributed by atoms with Crippen LogP contribution >= 0.6 is 15.9 Å². The van der Waals surface area contributed by atoms with Crippen LogP contribution in [0.25, 0.3) is 6.08 Å². The highest BCUT2D eigenvalue weighted by Crippen LogP contribution is 2.38. The smallest absolute Gasteiger partial charge is 0.308 e. The van der Waals surface area contributed by atoms with Crippen LogP contribution in [0.1, 0.15) is 19.4 Å². The van der Waals surface area contributed by atoms with Crippen LogP contribution in [0.15, 0.2) is 46.4 Å². The standard InChI is InChI=1S/C20H16BrFN2O5/c1-3-28-17-10-12(9-16(21)18(17)29-11(2)25)8-15-19(26)23-24(20(15)27)14-6-4-13(22)5-7-14/h4-10H,3H2,1-2H3,(H,23,26)/b15-8-.